The topological polar surface area (TPSA) is 85.2 Å². The van der Waals surface area contributed by atoms with Crippen LogP contribution in [0.5, 0.6) is 0 Å². The normalized spacial score (nSPS) is 13.1. The van der Waals surface area contributed by atoms with Crippen molar-refractivity contribution in [1.29, 1.82) is 0 Å². The summed E-state index contributed by atoms with van der Waals surface area (Å²) in [6.07, 6.45) is 3.45. The Balaban J connectivity index is 1.81. The molecule has 0 aliphatic carbocycles. The van der Waals surface area contributed by atoms with Crippen molar-refractivity contribution in [1.82, 2.24) is 14.9 Å². The smallest absolute Gasteiger partial charge is 0.287 e. The van der Waals surface area contributed by atoms with E-state index in [2.05, 4.69) is 15.6 Å². The Morgan fingerprint density at radius 3 is 2.79 bits per heavy atom. The number of ether oxygens (including phenoxy) is 1. The zero-order valence-electron chi connectivity index (χ0n) is 16.8. The van der Waals surface area contributed by atoms with Crippen molar-refractivity contribution >= 4 is 17.5 Å². The van der Waals surface area contributed by atoms with Gasteiger partial charge in [-0.3, -0.25) is 9.59 Å². The SMILES string of the molecule is COCCCNC(=O)c1nc(C(=O)Nc2ccc(C)cc2C)c2n1CCCC2. The minimum Gasteiger partial charge on any atom is -0.385 e. The van der Waals surface area contributed by atoms with Crippen molar-refractivity contribution in [2.75, 3.05) is 25.6 Å². The van der Waals surface area contributed by atoms with Gasteiger partial charge in [-0.15, -0.1) is 0 Å². The van der Waals surface area contributed by atoms with Gasteiger partial charge in [0, 0.05) is 32.5 Å². The summed E-state index contributed by atoms with van der Waals surface area (Å²) < 4.78 is 6.90. The molecule has 0 saturated heterocycles. The van der Waals surface area contributed by atoms with Gasteiger partial charge in [0.25, 0.3) is 11.8 Å². The number of fused-ring (bicyclic) bond motifs is 1. The van der Waals surface area contributed by atoms with Gasteiger partial charge in [0.15, 0.2) is 11.5 Å². The van der Waals surface area contributed by atoms with Crippen LogP contribution in [0, 0.1) is 13.8 Å². The molecular formula is C21H28N4O3. The van der Waals surface area contributed by atoms with E-state index in [-0.39, 0.29) is 11.8 Å². The highest BCUT2D eigenvalue weighted by atomic mass is 16.5. The van der Waals surface area contributed by atoms with Crippen molar-refractivity contribution in [3.8, 4) is 0 Å². The Kier molecular flexibility index (Phi) is 6.46. The molecule has 150 valence electrons. The zero-order chi connectivity index (χ0) is 20.1. The first-order chi connectivity index (χ1) is 13.5. The molecule has 0 saturated carbocycles. The molecule has 1 aliphatic heterocycles. The van der Waals surface area contributed by atoms with Crippen LogP contribution < -0.4 is 10.6 Å². The Bertz CT molecular complexity index is 873. The van der Waals surface area contributed by atoms with Gasteiger partial charge in [0.05, 0.1) is 5.69 Å². The fourth-order valence-corrected chi connectivity index (χ4v) is 3.53. The summed E-state index contributed by atoms with van der Waals surface area (Å²) in [5.41, 5.74) is 4.09. The molecule has 7 nitrogen and oxygen atoms in total. The molecule has 2 amide bonds. The monoisotopic (exact) mass is 384 g/mol. The first kappa shape index (κ1) is 20.1. The molecule has 0 unspecified atom stereocenters. The standard InChI is InChI=1S/C21H28N4O3/c1-14-8-9-16(15(2)13-14)23-20(26)18-17-7-4-5-11-25(17)19(24-18)21(27)22-10-6-12-28-3/h8-9,13H,4-7,10-12H2,1-3H3,(H,22,27)(H,23,26). The van der Waals surface area contributed by atoms with Gasteiger partial charge in [-0.1, -0.05) is 17.7 Å². The molecule has 0 atom stereocenters. The molecule has 1 aliphatic rings. The molecule has 3 rings (SSSR count). The van der Waals surface area contributed by atoms with Crippen LogP contribution in [-0.4, -0.2) is 41.6 Å². The van der Waals surface area contributed by atoms with E-state index in [9.17, 15) is 9.59 Å². The van der Waals surface area contributed by atoms with Crippen LogP contribution in [0.25, 0.3) is 0 Å². The maximum absolute atomic E-state index is 12.9. The summed E-state index contributed by atoms with van der Waals surface area (Å²) in [4.78, 5) is 30.0. The molecule has 7 heteroatoms. The number of aromatic nitrogens is 2. The average Bonchev–Trinajstić information content (AvgIpc) is 3.07. The molecule has 0 spiro atoms. The van der Waals surface area contributed by atoms with Crippen LogP contribution in [0.15, 0.2) is 18.2 Å². The minimum absolute atomic E-state index is 0.246. The van der Waals surface area contributed by atoms with E-state index in [1.54, 1.807) is 7.11 Å². The summed E-state index contributed by atoms with van der Waals surface area (Å²) in [5.74, 6) is -0.196. The molecule has 0 bridgehead atoms. The fourth-order valence-electron chi connectivity index (χ4n) is 3.53. The highest BCUT2D eigenvalue weighted by molar-refractivity contribution is 6.05. The van der Waals surface area contributed by atoms with Crippen molar-refractivity contribution in [3.05, 3.63) is 46.5 Å². The molecule has 0 fully saturated rings. The molecular weight excluding hydrogens is 356 g/mol. The van der Waals surface area contributed by atoms with Gasteiger partial charge < -0.3 is 19.9 Å². The highest BCUT2D eigenvalue weighted by Crippen LogP contribution is 2.23. The number of nitrogens with zero attached hydrogens (tertiary/aromatic N) is 2. The van der Waals surface area contributed by atoms with Gasteiger partial charge in [-0.25, -0.2) is 4.98 Å². The van der Waals surface area contributed by atoms with Crippen LogP contribution in [0.2, 0.25) is 0 Å². The first-order valence-electron chi connectivity index (χ1n) is 9.76. The van der Waals surface area contributed by atoms with Gasteiger partial charge in [-0.05, 0) is 51.2 Å². The lowest BCUT2D eigenvalue weighted by Gasteiger charge is -2.17. The van der Waals surface area contributed by atoms with Gasteiger partial charge in [-0.2, -0.15) is 0 Å². The van der Waals surface area contributed by atoms with E-state index < -0.39 is 0 Å². The predicted molar refractivity (Wildman–Crippen MR) is 108 cm³/mol. The van der Waals surface area contributed by atoms with Crippen LogP contribution >= 0.6 is 0 Å². The summed E-state index contributed by atoms with van der Waals surface area (Å²) in [7, 11) is 1.63. The summed E-state index contributed by atoms with van der Waals surface area (Å²) in [6, 6.07) is 5.88. The quantitative estimate of drug-likeness (QED) is 0.719. The van der Waals surface area contributed by atoms with E-state index in [0.717, 1.165) is 48.2 Å². The van der Waals surface area contributed by atoms with Gasteiger partial charge in [0.2, 0.25) is 0 Å². The van der Waals surface area contributed by atoms with E-state index in [0.29, 0.717) is 31.2 Å². The number of rotatable bonds is 7. The predicted octanol–water partition coefficient (Wildman–Crippen LogP) is 2.85. The van der Waals surface area contributed by atoms with E-state index in [4.69, 9.17) is 4.74 Å². The minimum atomic E-state index is -0.268. The summed E-state index contributed by atoms with van der Waals surface area (Å²) in [6.45, 7) is 5.79. The number of hydrogen-bond donors (Lipinski definition) is 2. The number of anilines is 1. The average molecular weight is 384 g/mol. The molecule has 1 aromatic heterocycles. The number of hydrogen-bond acceptors (Lipinski definition) is 4. The molecule has 0 radical (unpaired) electrons. The second-order valence-corrected chi connectivity index (χ2v) is 7.21. The van der Waals surface area contributed by atoms with Crippen LogP contribution in [-0.2, 0) is 17.7 Å². The molecule has 1 aromatic carbocycles. The van der Waals surface area contributed by atoms with Crippen LogP contribution in [0.3, 0.4) is 0 Å². The first-order valence-corrected chi connectivity index (χ1v) is 9.76. The number of methoxy groups -OCH3 is 1. The molecule has 2 N–H and O–H groups in total. The van der Waals surface area contributed by atoms with Gasteiger partial charge >= 0.3 is 0 Å². The molecule has 28 heavy (non-hydrogen) atoms. The maximum Gasteiger partial charge on any atom is 0.287 e. The maximum atomic E-state index is 12.9. The lowest BCUT2D eigenvalue weighted by Crippen LogP contribution is -2.29. The lowest BCUT2D eigenvalue weighted by molar-refractivity contribution is 0.0932. The number of carbonyl (C=O) groups is 2. The second-order valence-electron chi connectivity index (χ2n) is 7.21. The van der Waals surface area contributed by atoms with Crippen molar-refractivity contribution in [2.45, 2.75) is 46.1 Å². The number of imidazole rings is 1. The lowest BCUT2D eigenvalue weighted by atomic mass is 10.1. The fraction of sp³-hybridized carbons (Fsp3) is 0.476. The summed E-state index contributed by atoms with van der Waals surface area (Å²) in [5, 5.41) is 5.82. The molecule has 2 heterocycles. The Morgan fingerprint density at radius 2 is 2.04 bits per heavy atom. The Hall–Kier alpha value is -2.67. The van der Waals surface area contributed by atoms with E-state index in [1.807, 2.05) is 36.6 Å². The Labute approximate surface area is 165 Å². The number of amides is 2. The largest absolute Gasteiger partial charge is 0.385 e. The number of nitrogens with one attached hydrogen (secondary N) is 2. The third kappa shape index (κ3) is 4.42. The van der Waals surface area contributed by atoms with Crippen LogP contribution in [0.4, 0.5) is 5.69 Å². The zero-order valence-corrected chi connectivity index (χ0v) is 16.8. The van der Waals surface area contributed by atoms with Crippen molar-refractivity contribution in [2.24, 2.45) is 0 Å². The number of aryl methyl sites for hydroxylation is 2. The summed E-state index contributed by atoms with van der Waals surface area (Å²) >= 11 is 0. The van der Waals surface area contributed by atoms with E-state index in [1.165, 1.54) is 0 Å². The number of benzene rings is 1. The molecule has 2 aromatic rings. The van der Waals surface area contributed by atoms with Crippen LogP contribution in [0.1, 0.15) is 57.2 Å². The third-order valence-corrected chi connectivity index (χ3v) is 4.98. The Morgan fingerprint density at radius 1 is 1.21 bits per heavy atom. The van der Waals surface area contributed by atoms with Crippen molar-refractivity contribution in [3.63, 3.8) is 0 Å². The second kappa shape index (κ2) is 9.01. The van der Waals surface area contributed by atoms with E-state index >= 15 is 0 Å². The third-order valence-electron chi connectivity index (χ3n) is 4.98. The van der Waals surface area contributed by atoms with Crippen molar-refractivity contribution < 1.29 is 14.3 Å². The highest BCUT2D eigenvalue weighted by Gasteiger charge is 2.27. The van der Waals surface area contributed by atoms with Gasteiger partial charge in [0.1, 0.15) is 0 Å². The number of carbonyl (C=O) groups excluding carboxylic acids is 2.